The van der Waals surface area contributed by atoms with Crippen LogP contribution in [0.4, 0.5) is 0 Å². The Morgan fingerprint density at radius 1 is 1.54 bits per heavy atom. The van der Waals surface area contributed by atoms with Crippen LogP contribution in [0, 0.1) is 6.92 Å². The third-order valence-electron chi connectivity index (χ3n) is 1.97. The molecular formula is C10H14ClNO. The van der Waals surface area contributed by atoms with E-state index in [1.54, 1.807) is 7.11 Å². The minimum absolute atomic E-state index is 0.0944. The highest BCUT2D eigenvalue weighted by Gasteiger charge is 2.06. The zero-order valence-corrected chi connectivity index (χ0v) is 8.64. The first-order chi connectivity index (χ1) is 6.15. The van der Waals surface area contributed by atoms with Crippen molar-refractivity contribution in [3.8, 4) is 0 Å². The van der Waals surface area contributed by atoms with Crippen LogP contribution in [0.1, 0.15) is 17.2 Å². The Bertz CT molecular complexity index is 288. The molecule has 0 fully saturated rings. The molecule has 0 saturated heterocycles. The summed E-state index contributed by atoms with van der Waals surface area (Å²) in [6.07, 6.45) is 0. The van der Waals surface area contributed by atoms with E-state index in [-0.39, 0.29) is 6.04 Å². The molecule has 0 radical (unpaired) electrons. The first-order valence-corrected chi connectivity index (χ1v) is 4.53. The van der Waals surface area contributed by atoms with Gasteiger partial charge in [-0.15, -0.1) is 0 Å². The summed E-state index contributed by atoms with van der Waals surface area (Å²) < 4.78 is 4.96. The predicted molar refractivity (Wildman–Crippen MR) is 55.0 cm³/mol. The van der Waals surface area contributed by atoms with E-state index in [0.717, 1.165) is 16.1 Å². The van der Waals surface area contributed by atoms with Gasteiger partial charge in [0, 0.05) is 12.1 Å². The Balaban J connectivity index is 2.84. The predicted octanol–water partition coefficient (Wildman–Crippen LogP) is 2.29. The average molecular weight is 200 g/mol. The van der Waals surface area contributed by atoms with Crippen LogP contribution in [-0.4, -0.2) is 13.7 Å². The highest BCUT2D eigenvalue weighted by atomic mass is 35.5. The van der Waals surface area contributed by atoms with E-state index in [0.29, 0.717) is 6.61 Å². The maximum atomic E-state index is 5.96. The SMILES string of the molecule is COC[C@H](N)c1ccc(C)c(Cl)c1. The number of hydrogen-bond acceptors (Lipinski definition) is 2. The zero-order valence-electron chi connectivity index (χ0n) is 7.88. The molecule has 0 spiro atoms. The summed E-state index contributed by atoms with van der Waals surface area (Å²) in [5.74, 6) is 0. The summed E-state index contributed by atoms with van der Waals surface area (Å²) in [6.45, 7) is 2.48. The average Bonchev–Trinajstić information content (AvgIpc) is 2.10. The van der Waals surface area contributed by atoms with Crippen molar-refractivity contribution >= 4 is 11.6 Å². The summed E-state index contributed by atoms with van der Waals surface area (Å²) in [7, 11) is 1.63. The summed E-state index contributed by atoms with van der Waals surface area (Å²) in [6, 6.07) is 5.74. The first-order valence-electron chi connectivity index (χ1n) is 4.15. The van der Waals surface area contributed by atoms with E-state index in [4.69, 9.17) is 22.1 Å². The Labute approximate surface area is 83.6 Å². The van der Waals surface area contributed by atoms with Crippen molar-refractivity contribution in [1.82, 2.24) is 0 Å². The molecular weight excluding hydrogens is 186 g/mol. The lowest BCUT2D eigenvalue weighted by Crippen LogP contribution is -2.15. The number of methoxy groups -OCH3 is 1. The topological polar surface area (TPSA) is 35.2 Å². The fourth-order valence-corrected chi connectivity index (χ4v) is 1.30. The van der Waals surface area contributed by atoms with Gasteiger partial charge in [-0.05, 0) is 24.1 Å². The maximum absolute atomic E-state index is 5.96. The van der Waals surface area contributed by atoms with Crippen LogP contribution in [0.3, 0.4) is 0 Å². The molecule has 0 heterocycles. The molecule has 72 valence electrons. The lowest BCUT2D eigenvalue weighted by atomic mass is 10.1. The standard InChI is InChI=1S/C10H14ClNO/c1-7-3-4-8(5-9(7)11)10(12)6-13-2/h3-5,10H,6,12H2,1-2H3/t10-/m0/s1. The third kappa shape index (κ3) is 2.69. The molecule has 1 atom stereocenters. The van der Waals surface area contributed by atoms with Gasteiger partial charge in [0.25, 0.3) is 0 Å². The molecule has 0 aliphatic rings. The van der Waals surface area contributed by atoms with Crippen molar-refractivity contribution in [2.45, 2.75) is 13.0 Å². The second-order valence-electron chi connectivity index (χ2n) is 3.07. The van der Waals surface area contributed by atoms with E-state index in [1.165, 1.54) is 0 Å². The third-order valence-corrected chi connectivity index (χ3v) is 2.38. The molecule has 13 heavy (non-hydrogen) atoms. The van der Waals surface area contributed by atoms with Gasteiger partial charge in [0.2, 0.25) is 0 Å². The number of halogens is 1. The zero-order chi connectivity index (χ0) is 9.84. The second-order valence-corrected chi connectivity index (χ2v) is 3.48. The minimum Gasteiger partial charge on any atom is -0.383 e. The highest BCUT2D eigenvalue weighted by molar-refractivity contribution is 6.31. The highest BCUT2D eigenvalue weighted by Crippen LogP contribution is 2.20. The van der Waals surface area contributed by atoms with Crippen LogP contribution in [0.25, 0.3) is 0 Å². The molecule has 2 N–H and O–H groups in total. The largest absolute Gasteiger partial charge is 0.383 e. The quantitative estimate of drug-likeness (QED) is 0.811. The number of ether oxygens (including phenoxy) is 1. The maximum Gasteiger partial charge on any atom is 0.0655 e. The number of nitrogens with two attached hydrogens (primary N) is 1. The molecule has 1 aromatic carbocycles. The lowest BCUT2D eigenvalue weighted by Gasteiger charge is -2.11. The Morgan fingerprint density at radius 2 is 2.23 bits per heavy atom. The minimum atomic E-state index is -0.0944. The molecule has 0 saturated carbocycles. The summed E-state index contributed by atoms with van der Waals surface area (Å²) in [4.78, 5) is 0. The molecule has 1 rings (SSSR count). The van der Waals surface area contributed by atoms with Gasteiger partial charge >= 0.3 is 0 Å². The van der Waals surface area contributed by atoms with Gasteiger partial charge in [-0.1, -0.05) is 23.7 Å². The van der Waals surface area contributed by atoms with Gasteiger partial charge in [-0.2, -0.15) is 0 Å². The van der Waals surface area contributed by atoms with Crippen molar-refractivity contribution in [3.05, 3.63) is 34.3 Å². The van der Waals surface area contributed by atoms with Gasteiger partial charge in [0.15, 0.2) is 0 Å². The molecule has 1 aromatic rings. The van der Waals surface area contributed by atoms with Gasteiger partial charge in [-0.25, -0.2) is 0 Å². The van der Waals surface area contributed by atoms with Crippen molar-refractivity contribution in [2.24, 2.45) is 5.73 Å². The van der Waals surface area contributed by atoms with E-state index in [9.17, 15) is 0 Å². The van der Waals surface area contributed by atoms with Crippen LogP contribution >= 0.6 is 11.6 Å². The molecule has 0 unspecified atom stereocenters. The van der Waals surface area contributed by atoms with Gasteiger partial charge in [0.1, 0.15) is 0 Å². The summed E-state index contributed by atoms with van der Waals surface area (Å²) in [5.41, 5.74) is 7.92. The molecule has 0 aliphatic heterocycles. The van der Waals surface area contributed by atoms with Crippen LogP contribution in [0.5, 0.6) is 0 Å². The Hall–Kier alpha value is -0.570. The van der Waals surface area contributed by atoms with Crippen LogP contribution in [-0.2, 0) is 4.74 Å². The van der Waals surface area contributed by atoms with Gasteiger partial charge in [0.05, 0.1) is 12.6 Å². The fraction of sp³-hybridized carbons (Fsp3) is 0.400. The van der Waals surface area contributed by atoms with Crippen LogP contribution in [0.15, 0.2) is 18.2 Å². The summed E-state index contributed by atoms with van der Waals surface area (Å²) in [5, 5.41) is 0.754. The summed E-state index contributed by atoms with van der Waals surface area (Å²) >= 11 is 5.96. The number of rotatable bonds is 3. The Morgan fingerprint density at radius 3 is 2.77 bits per heavy atom. The number of benzene rings is 1. The second kappa shape index (κ2) is 4.61. The molecule has 0 aliphatic carbocycles. The fourth-order valence-electron chi connectivity index (χ4n) is 1.12. The van der Waals surface area contributed by atoms with E-state index in [1.807, 2.05) is 25.1 Å². The van der Waals surface area contributed by atoms with E-state index >= 15 is 0 Å². The van der Waals surface area contributed by atoms with Gasteiger partial charge < -0.3 is 10.5 Å². The molecule has 3 heteroatoms. The monoisotopic (exact) mass is 199 g/mol. The molecule has 0 aromatic heterocycles. The normalized spacial score (nSPS) is 12.9. The van der Waals surface area contributed by atoms with Crippen molar-refractivity contribution in [1.29, 1.82) is 0 Å². The molecule has 0 amide bonds. The van der Waals surface area contributed by atoms with Crippen LogP contribution < -0.4 is 5.73 Å². The van der Waals surface area contributed by atoms with Crippen LogP contribution in [0.2, 0.25) is 5.02 Å². The number of hydrogen-bond donors (Lipinski definition) is 1. The van der Waals surface area contributed by atoms with Gasteiger partial charge in [-0.3, -0.25) is 0 Å². The van der Waals surface area contributed by atoms with E-state index < -0.39 is 0 Å². The number of aryl methyl sites for hydroxylation is 1. The first kappa shape index (κ1) is 10.5. The van der Waals surface area contributed by atoms with E-state index in [2.05, 4.69) is 0 Å². The van der Waals surface area contributed by atoms with Crippen molar-refractivity contribution < 1.29 is 4.74 Å². The molecule has 2 nitrogen and oxygen atoms in total. The molecule has 0 bridgehead atoms. The van der Waals surface area contributed by atoms with Crippen molar-refractivity contribution in [3.63, 3.8) is 0 Å². The Kier molecular flexibility index (Phi) is 3.72. The smallest absolute Gasteiger partial charge is 0.0655 e. The lowest BCUT2D eigenvalue weighted by molar-refractivity contribution is 0.181. The van der Waals surface area contributed by atoms with Crippen molar-refractivity contribution in [2.75, 3.05) is 13.7 Å².